The summed E-state index contributed by atoms with van der Waals surface area (Å²) in [5, 5.41) is 16.6. The minimum absolute atomic E-state index is 0.0179. The Morgan fingerprint density at radius 1 is 1.43 bits per heavy atom. The number of rotatable bonds is 7. The van der Waals surface area contributed by atoms with Gasteiger partial charge in [0.05, 0.1) is 10.7 Å². The average molecular weight is 337 g/mol. The highest BCUT2D eigenvalue weighted by atomic mass is 35.5. The molecule has 7 heteroatoms. The zero-order valence-corrected chi connectivity index (χ0v) is 14.0. The van der Waals surface area contributed by atoms with E-state index in [1.807, 2.05) is 32.0 Å². The number of benzene rings is 1. The average Bonchev–Trinajstić information content (AvgIpc) is 2.92. The molecule has 0 spiro atoms. The fourth-order valence-electron chi connectivity index (χ4n) is 2.20. The van der Waals surface area contributed by atoms with Crippen molar-refractivity contribution in [2.24, 2.45) is 0 Å². The number of amides is 1. The van der Waals surface area contributed by atoms with Gasteiger partial charge in [-0.2, -0.15) is 0 Å². The van der Waals surface area contributed by atoms with Gasteiger partial charge in [0.25, 0.3) is 5.91 Å². The number of nitrogens with zero attached hydrogens (tertiary/aromatic N) is 3. The lowest BCUT2D eigenvalue weighted by atomic mass is 10.2. The number of aryl methyl sites for hydroxylation is 1. The molecule has 1 atom stereocenters. The number of carbonyl (C=O) groups is 1. The number of hydrogen-bond acceptors (Lipinski definition) is 4. The van der Waals surface area contributed by atoms with Gasteiger partial charge >= 0.3 is 0 Å². The van der Waals surface area contributed by atoms with Crippen LogP contribution >= 0.6 is 11.6 Å². The van der Waals surface area contributed by atoms with E-state index in [0.717, 1.165) is 6.42 Å². The minimum atomic E-state index is -0.353. The molecule has 6 nitrogen and oxygen atoms in total. The maximum atomic E-state index is 12.3. The molecule has 1 aromatic heterocycles. The standard InChI is InChI=1S/C16H21ClN4O2/c1-3-6-14-19-15(16(23)18-11(2)9-10-22)20-21(14)13-8-5-4-7-12(13)17/h4-5,7-8,11,22H,3,6,9-10H2,1-2H3,(H,18,23). The van der Waals surface area contributed by atoms with Crippen molar-refractivity contribution in [2.75, 3.05) is 6.61 Å². The van der Waals surface area contributed by atoms with Gasteiger partial charge in [-0.15, -0.1) is 5.10 Å². The topological polar surface area (TPSA) is 80.0 Å². The maximum Gasteiger partial charge on any atom is 0.291 e. The number of aromatic nitrogens is 3. The van der Waals surface area contributed by atoms with Crippen LogP contribution < -0.4 is 5.32 Å². The van der Waals surface area contributed by atoms with Crippen molar-refractivity contribution >= 4 is 17.5 Å². The number of para-hydroxylation sites is 1. The largest absolute Gasteiger partial charge is 0.396 e. The second-order valence-corrected chi connectivity index (χ2v) is 5.76. The van der Waals surface area contributed by atoms with Crippen molar-refractivity contribution in [1.29, 1.82) is 0 Å². The van der Waals surface area contributed by atoms with E-state index in [-0.39, 0.29) is 24.4 Å². The van der Waals surface area contributed by atoms with Crippen molar-refractivity contribution in [3.05, 3.63) is 40.9 Å². The van der Waals surface area contributed by atoms with E-state index in [1.165, 1.54) is 0 Å². The Morgan fingerprint density at radius 2 is 2.17 bits per heavy atom. The molecular weight excluding hydrogens is 316 g/mol. The summed E-state index contributed by atoms with van der Waals surface area (Å²) in [4.78, 5) is 16.6. The van der Waals surface area contributed by atoms with Gasteiger partial charge in [-0.25, -0.2) is 9.67 Å². The monoisotopic (exact) mass is 336 g/mol. The van der Waals surface area contributed by atoms with Gasteiger partial charge in [-0.1, -0.05) is 30.7 Å². The lowest BCUT2D eigenvalue weighted by molar-refractivity contribution is 0.0924. The fourth-order valence-corrected chi connectivity index (χ4v) is 2.41. The first kappa shape index (κ1) is 17.4. The molecule has 23 heavy (non-hydrogen) atoms. The van der Waals surface area contributed by atoms with Crippen LogP contribution in [0.25, 0.3) is 5.69 Å². The third-order valence-electron chi connectivity index (χ3n) is 3.37. The molecule has 0 saturated carbocycles. The zero-order chi connectivity index (χ0) is 16.8. The van der Waals surface area contributed by atoms with Gasteiger partial charge in [0.1, 0.15) is 5.82 Å². The molecule has 2 aromatic rings. The molecule has 1 unspecified atom stereocenters. The lowest BCUT2D eigenvalue weighted by Gasteiger charge is -2.10. The maximum absolute atomic E-state index is 12.3. The molecule has 0 aliphatic rings. The van der Waals surface area contributed by atoms with Crippen LogP contribution in [-0.4, -0.2) is 38.4 Å². The summed E-state index contributed by atoms with van der Waals surface area (Å²) in [6, 6.07) is 7.17. The number of aliphatic hydroxyl groups is 1. The molecule has 0 aliphatic heterocycles. The predicted octanol–water partition coefficient (Wildman–Crippen LogP) is 2.37. The highest BCUT2D eigenvalue weighted by Crippen LogP contribution is 2.21. The van der Waals surface area contributed by atoms with Gasteiger partial charge in [0, 0.05) is 19.1 Å². The molecule has 1 amide bonds. The van der Waals surface area contributed by atoms with E-state index in [0.29, 0.717) is 29.4 Å². The molecular formula is C16H21ClN4O2. The molecule has 0 radical (unpaired) electrons. The van der Waals surface area contributed by atoms with Crippen molar-refractivity contribution in [1.82, 2.24) is 20.1 Å². The van der Waals surface area contributed by atoms with Crippen LogP contribution in [0, 0.1) is 0 Å². The number of nitrogens with one attached hydrogen (secondary N) is 1. The number of aliphatic hydroxyl groups excluding tert-OH is 1. The van der Waals surface area contributed by atoms with E-state index in [9.17, 15) is 4.79 Å². The van der Waals surface area contributed by atoms with Gasteiger partial charge in [-0.05, 0) is 31.9 Å². The summed E-state index contributed by atoms with van der Waals surface area (Å²) in [5.74, 6) is 0.452. The van der Waals surface area contributed by atoms with Crippen LogP contribution in [0.4, 0.5) is 0 Å². The van der Waals surface area contributed by atoms with Crippen LogP contribution in [0.15, 0.2) is 24.3 Å². The summed E-state index contributed by atoms with van der Waals surface area (Å²) >= 11 is 6.23. The third kappa shape index (κ3) is 4.30. The molecule has 2 rings (SSSR count). The van der Waals surface area contributed by atoms with Gasteiger partial charge < -0.3 is 10.4 Å². The van der Waals surface area contributed by atoms with E-state index < -0.39 is 0 Å². The summed E-state index contributed by atoms with van der Waals surface area (Å²) < 4.78 is 1.62. The first-order valence-electron chi connectivity index (χ1n) is 7.69. The minimum Gasteiger partial charge on any atom is -0.396 e. The predicted molar refractivity (Wildman–Crippen MR) is 89.0 cm³/mol. The Labute approximate surface area is 140 Å². The fraction of sp³-hybridized carbons (Fsp3) is 0.438. The second kappa shape index (κ2) is 8.08. The Hall–Kier alpha value is -1.92. The van der Waals surface area contributed by atoms with E-state index in [4.69, 9.17) is 16.7 Å². The molecule has 1 heterocycles. The summed E-state index contributed by atoms with van der Waals surface area (Å²) in [7, 11) is 0. The lowest BCUT2D eigenvalue weighted by Crippen LogP contribution is -2.34. The SMILES string of the molecule is CCCc1nc(C(=O)NC(C)CCO)nn1-c1ccccc1Cl. The first-order valence-corrected chi connectivity index (χ1v) is 8.07. The molecule has 2 N–H and O–H groups in total. The smallest absolute Gasteiger partial charge is 0.291 e. The number of hydrogen-bond donors (Lipinski definition) is 2. The Morgan fingerprint density at radius 3 is 2.83 bits per heavy atom. The van der Waals surface area contributed by atoms with Gasteiger partial charge in [0.15, 0.2) is 0 Å². The van der Waals surface area contributed by atoms with Crippen molar-refractivity contribution in [3.8, 4) is 5.69 Å². The quantitative estimate of drug-likeness (QED) is 0.813. The highest BCUT2D eigenvalue weighted by molar-refractivity contribution is 6.32. The van der Waals surface area contributed by atoms with Gasteiger partial charge in [0.2, 0.25) is 5.82 Å². The van der Waals surface area contributed by atoms with Crippen LogP contribution in [0.1, 0.15) is 43.1 Å². The van der Waals surface area contributed by atoms with E-state index in [2.05, 4.69) is 15.4 Å². The van der Waals surface area contributed by atoms with Crippen molar-refractivity contribution in [2.45, 2.75) is 39.2 Å². The Bertz CT molecular complexity index is 672. The molecule has 0 saturated heterocycles. The van der Waals surface area contributed by atoms with Crippen molar-refractivity contribution < 1.29 is 9.90 Å². The van der Waals surface area contributed by atoms with Crippen LogP contribution in [-0.2, 0) is 6.42 Å². The number of halogens is 1. The second-order valence-electron chi connectivity index (χ2n) is 5.35. The van der Waals surface area contributed by atoms with Crippen molar-refractivity contribution in [3.63, 3.8) is 0 Å². The van der Waals surface area contributed by atoms with E-state index >= 15 is 0 Å². The summed E-state index contributed by atoms with van der Waals surface area (Å²) in [6.07, 6.45) is 2.06. The molecule has 0 aliphatic carbocycles. The molecule has 124 valence electrons. The van der Waals surface area contributed by atoms with Crippen LogP contribution in [0.5, 0.6) is 0 Å². The Balaban J connectivity index is 2.32. The first-order chi connectivity index (χ1) is 11.1. The normalized spacial score (nSPS) is 12.2. The molecule has 0 bridgehead atoms. The summed E-state index contributed by atoms with van der Waals surface area (Å²) in [6.45, 7) is 3.88. The third-order valence-corrected chi connectivity index (χ3v) is 3.69. The van der Waals surface area contributed by atoms with E-state index in [1.54, 1.807) is 10.7 Å². The van der Waals surface area contributed by atoms with Crippen LogP contribution in [0.2, 0.25) is 5.02 Å². The highest BCUT2D eigenvalue weighted by Gasteiger charge is 2.19. The zero-order valence-electron chi connectivity index (χ0n) is 13.3. The number of carbonyl (C=O) groups excluding carboxylic acids is 1. The summed E-state index contributed by atoms with van der Waals surface area (Å²) in [5.41, 5.74) is 0.701. The van der Waals surface area contributed by atoms with Crippen LogP contribution in [0.3, 0.4) is 0 Å². The van der Waals surface area contributed by atoms with Gasteiger partial charge in [-0.3, -0.25) is 4.79 Å². The molecule has 0 fully saturated rings. The Kier molecular flexibility index (Phi) is 6.12. The molecule has 1 aromatic carbocycles.